The van der Waals surface area contributed by atoms with E-state index in [-0.39, 0.29) is 5.97 Å². The van der Waals surface area contributed by atoms with E-state index in [4.69, 9.17) is 10.5 Å². The van der Waals surface area contributed by atoms with Crippen molar-refractivity contribution < 1.29 is 9.53 Å². The van der Waals surface area contributed by atoms with Crippen LogP contribution in [-0.2, 0) is 10.3 Å². The smallest absolute Gasteiger partial charge is 0.343 e. The lowest BCUT2D eigenvalue weighted by Gasteiger charge is -2.32. The van der Waals surface area contributed by atoms with Crippen molar-refractivity contribution in [3.8, 4) is 0 Å². The number of nitrogens with zero attached hydrogens (tertiary/aromatic N) is 1. The Bertz CT molecular complexity index is 450. The van der Waals surface area contributed by atoms with Crippen molar-refractivity contribution in [3.05, 3.63) is 23.4 Å². The molecule has 0 radical (unpaired) electrons. The van der Waals surface area contributed by atoms with Crippen molar-refractivity contribution in [1.82, 2.24) is 4.98 Å². The molecule has 0 unspecified atom stereocenters. The van der Waals surface area contributed by atoms with Gasteiger partial charge < -0.3 is 10.5 Å². The first-order chi connectivity index (χ1) is 7.73. The molecule has 0 saturated heterocycles. The summed E-state index contributed by atoms with van der Waals surface area (Å²) < 4.78 is 5.58. The lowest BCUT2D eigenvalue weighted by Crippen LogP contribution is -2.28. The average molecular weight is 218 g/mol. The number of hydrogen-bond acceptors (Lipinski definition) is 4. The van der Waals surface area contributed by atoms with Gasteiger partial charge in [-0.15, -0.1) is 0 Å². The summed E-state index contributed by atoms with van der Waals surface area (Å²) >= 11 is 0. The molecule has 1 fully saturated rings. The van der Waals surface area contributed by atoms with Crippen LogP contribution in [0.2, 0.25) is 0 Å². The van der Waals surface area contributed by atoms with Gasteiger partial charge in [-0.2, -0.15) is 0 Å². The molecule has 0 aromatic carbocycles. The molecule has 0 amide bonds. The van der Waals surface area contributed by atoms with Gasteiger partial charge in [0, 0.05) is 11.8 Å². The van der Waals surface area contributed by atoms with E-state index in [0.29, 0.717) is 11.4 Å². The number of esters is 1. The Kier molecular flexibility index (Phi) is 1.93. The van der Waals surface area contributed by atoms with Gasteiger partial charge in [0.15, 0.2) is 0 Å². The molecule has 84 valence electrons. The zero-order valence-corrected chi connectivity index (χ0v) is 9.03. The van der Waals surface area contributed by atoms with Crippen LogP contribution in [0.3, 0.4) is 0 Å². The number of fused-ring (bicyclic) bond motifs is 2. The van der Waals surface area contributed by atoms with Crippen LogP contribution in [0.1, 0.15) is 48.0 Å². The van der Waals surface area contributed by atoms with E-state index < -0.39 is 5.60 Å². The number of carbonyl (C=O) groups is 1. The minimum atomic E-state index is -0.401. The molecule has 2 aliphatic rings. The second-order valence-electron chi connectivity index (χ2n) is 4.56. The summed E-state index contributed by atoms with van der Waals surface area (Å²) in [4.78, 5) is 15.8. The lowest BCUT2D eigenvalue weighted by molar-refractivity contribution is -0.0280. The Balaban J connectivity index is 2.14. The monoisotopic (exact) mass is 218 g/mol. The molecule has 16 heavy (non-hydrogen) atoms. The molecule has 1 aliphatic heterocycles. The summed E-state index contributed by atoms with van der Waals surface area (Å²) in [6.07, 6.45) is 6.91. The van der Waals surface area contributed by atoms with E-state index in [1.54, 1.807) is 6.20 Å². The molecule has 0 atom stereocenters. The van der Waals surface area contributed by atoms with Gasteiger partial charge in [-0.3, -0.25) is 0 Å². The summed E-state index contributed by atoms with van der Waals surface area (Å²) in [6, 6.07) is 1.88. The molecule has 1 aromatic heterocycles. The number of pyridine rings is 1. The third-order valence-electron chi connectivity index (χ3n) is 3.62. The van der Waals surface area contributed by atoms with Crippen molar-refractivity contribution in [2.24, 2.45) is 0 Å². The quantitative estimate of drug-likeness (QED) is 0.676. The maximum atomic E-state index is 11.8. The van der Waals surface area contributed by atoms with Gasteiger partial charge in [0.1, 0.15) is 17.0 Å². The summed E-state index contributed by atoms with van der Waals surface area (Å²) in [5, 5.41) is 0. The van der Waals surface area contributed by atoms with Gasteiger partial charge in [-0.05, 0) is 31.7 Å². The Morgan fingerprint density at radius 3 is 2.81 bits per heavy atom. The molecular formula is C12H14N2O2. The molecule has 1 saturated carbocycles. The number of rotatable bonds is 0. The van der Waals surface area contributed by atoms with Crippen LogP contribution in [-0.4, -0.2) is 11.0 Å². The van der Waals surface area contributed by atoms with Gasteiger partial charge in [0.2, 0.25) is 0 Å². The minimum absolute atomic E-state index is 0.296. The molecule has 1 spiro atoms. The van der Waals surface area contributed by atoms with E-state index >= 15 is 0 Å². The molecule has 2 N–H and O–H groups in total. The number of aromatic nitrogens is 1. The van der Waals surface area contributed by atoms with Gasteiger partial charge in [0.05, 0.1) is 0 Å². The highest BCUT2D eigenvalue weighted by atomic mass is 16.6. The molecule has 4 nitrogen and oxygen atoms in total. The molecule has 1 aliphatic carbocycles. The highest BCUT2D eigenvalue weighted by molar-refractivity contribution is 5.99. The number of nitrogens with two attached hydrogens (primary N) is 1. The van der Waals surface area contributed by atoms with Crippen LogP contribution in [0.4, 0.5) is 5.82 Å². The number of anilines is 1. The molecule has 1 aromatic rings. The summed E-state index contributed by atoms with van der Waals surface area (Å²) in [7, 11) is 0. The number of carbonyl (C=O) groups excluding carboxylic acids is 1. The molecule has 2 heterocycles. The molecule has 0 bridgehead atoms. The SMILES string of the molecule is Nc1nccc2c1C(=O)OC21CCCCC1. The zero-order valence-electron chi connectivity index (χ0n) is 9.03. The zero-order chi connectivity index (χ0) is 11.2. The van der Waals surface area contributed by atoms with Gasteiger partial charge in [-0.1, -0.05) is 6.42 Å². The van der Waals surface area contributed by atoms with Gasteiger partial charge in [0.25, 0.3) is 0 Å². The molecule has 3 rings (SSSR count). The second-order valence-corrected chi connectivity index (χ2v) is 4.56. The van der Waals surface area contributed by atoms with Crippen molar-refractivity contribution in [2.75, 3.05) is 5.73 Å². The van der Waals surface area contributed by atoms with E-state index in [2.05, 4.69) is 4.98 Å². The van der Waals surface area contributed by atoms with Gasteiger partial charge in [-0.25, -0.2) is 9.78 Å². The summed E-state index contributed by atoms with van der Waals surface area (Å²) in [5.41, 5.74) is 6.78. The van der Waals surface area contributed by atoms with Crippen molar-refractivity contribution >= 4 is 11.8 Å². The molecular weight excluding hydrogens is 204 g/mol. The first kappa shape index (κ1) is 9.63. The summed E-state index contributed by atoms with van der Waals surface area (Å²) in [5.74, 6) is -0.00699. The maximum Gasteiger partial charge on any atom is 0.343 e. The van der Waals surface area contributed by atoms with Crippen LogP contribution >= 0.6 is 0 Å². The van der Waals surface area contributed by atoms with Crippen LogP contribution in [0.15, 0.2) is 12.3 Å². The summed E-state index contributed by atoms with van der Waals surface area (Å²) in [6.45, 7) is 0. The molecule has 4 heteroatoms. The van der Waals surface area contributed by atoms with Gasteiger partial charge >= 0.3 is 5.97 Å². The fourth-order valence-corrected chi connectivity index (χ4v) is 2.85. The predicted molar refractivity (Wildman–Crippen MR) is 58.8 cm³/mol. The van der Waals surface area contributed by atoms with Crippen molar-refractivity contribution in [1.29, 1.82) is 0 Å². The van der Waals surface area contributed by atoms with E-state index in [1.165, 1.54) is 6.42 Å². The predicted octanol–water partition coefficient (Wildman–Crippen LogP) is 1.99. The Hall–Kier alpha value is -1.58. The van der Waals surface area contributed by atoms with E-state index in [1.807, 2.05) is 6.07 Å². The lowest BCUT2D eigenvalue weighted by atomic mass is 9.79. The minimum Gasteiger partial charge on any atom is -0.450 e. The van der Waals surface area contributed by atoms with Crippen molar-refractivity contribution in [3.63, 3.8) is 0 Å². The van der Waals surface area contributed by atoms with Crippen LogP contribution < -0.4 is 5.73 Å². The normalized spacial score (nSPS) is 21.9. The fraction of sp³-hybridized carbons (Fsp3) is 0.500. The number of nitrogen functional groups attached to an aromatic ring is 1. The topological polar surface area (TPSA) is 65.2 Å². The van der Waals surface area contributed by atoms with E-state index in [9.17, 15) is 4.79 Å². The van der Waals surface area contributed by atoms with Crippen molar-refractivity contribution in [2.45, 2.75) is 37.7 Å². The first-order valence-corrected chi connectivity index (χ1v) is 5.71. The fourth-order valence-electron chi connectivity index (χ4n) is 2.85. The third kappa shape index (κ3) is 1.16. The maximum absolute atomic E-state index is 11.8. The number of hydrogen-bond donors (Lipinski definition) is 1. The highest BCUT2D eigenvalue weighted by Gasteiger charge is 2.47. The largest absolute Gasteiger partial charge is 0.450 e. The Morgan fingerprint density at radius 2 is 2.06 bits per heavy atom. The van der Waals surface area contributed by atoms with Crippen LogP contribution in [0, 0.1) is 0 Å². The highest BCUT2D eigenvalue weighted by Crippen LogP contribution is 2.47. The standard InChI is InChI=1S/C12H14N2O2/c13-10-9-8(4-7-14-10)12(16-11(9)15)5-2-1-3-6-12/h4,7H,1-3,5-6H2,(H2,13,14). The van der Waals surface area contributed by atoms with E-state index in [0.717, 1.165) is 31.2 Å². The van der Waals surface area contributed by atoms with Crippen LogP contribution in [0.5, 0.6) is 0 Å². The Labute approximate surface area is 93.8 Å². The first-order valence-electron chi connectivity index (χ1n) is 5.71. The third-order valence-corrected chi connectivity index (χ3v) is 3.62. The number of ether oxygens (including phenoxy) is 1. The Morgan fingerprint density at radius 1 is 1.31 bits per heavy atom. The average Bonchev–Trinajstić information content (AvgIpc) is 2.55. The van der Waals surface area contributed by atoms with Crippen LogP contribution in [0.25, 0.3) is 0 Å². The second kappa shape index (κ2) is 3.20.